The SMILES string of the molecule is CCCOc1ccc(C(=O)O)cc1NC(=O)/C=C/c1ccc(F)cc1. The first kappa shape index (κ1) is 18.2. The van der Waals surface area contributed by atoms with Gasteiger partial charge in [-0.3, -0.25) is 4.79 Å². The number of ether oxygens (including phenoxy) is 1. The summed E-state index contributed by atoms with van der Waals surface area (Å²) >= 11 is 0. The summed E-state index contributed by atoms with van der Waals surface area (Å²) in [6, 6.07) is 9.95. The number of amides is 1. The summed E-state index contributed by atoms with van der Waals surface area (Å²) in [6.07, 6.45) is 3.59. The first-order chi connectivity index (χ1) is 12.0. The lowest BCUT2D eigenvalue weighted by Gasteiger charge is -2.12. The Labute approximate surface area is 144 Å². The smallest absolute Gasteiger partial charge is 0.335 e. The molecular weight excluding hydrogens is 325 g/mol. The molecular formula is C19H18FNO4. The van der Waals surface area contributed by atoms with E-state index in [9.17, 15) is 14.0 Å². The third kappa shape index (κ3) is 5.46. The molecule has 0 atom stereocenters. The lowest BCUT2D eigenvalue weighted by atomic mass is 10.1. The number of carboxylic acid groups (broad SMARTS) is 1. The Bertz CT molecular complexity index is 785. The highest BCUT2D eigenvalue weighted by atomic mass is 19.1. The second kappa shape index (κ2) is 8.63. The maximum absolute atomic E-state index is 12.9. The number of carbonyl (C=O) groups excluding carboxylic acids is 1. The van der Waals surface area contributed by atoms with Gasteiger partial charge in [-0.2, -0.15) is 0 Å². The van der Waals surface area contributed by atoms with Crippen molar-refractivity contribution in [2.75, 3.05) is 11.9 Å². The van der Waals surface area contributed by atoms with Crippen LogP contribution >= 0.6 is 0 Å². The zero-order valence-corrected chi connectivity index (χ0v) is 13.7. The first-order valence-corrected chi connectivity index (χ1v) is 7.74. The molecule has 2 aromatic rings. The van der Waals surface area contributed by atoms with Gasteiger partial charge in [-0.1, -0.05) is 19.1 Å². The van der Waals surface area contributed by atoms with Crippen molar-refractivity contribution in [1.29, 1.82) is 0 Å². The van der Waals surface area contributed by atoms with Gasteiger partial charge >= 0.3 is 5.97 Å². The first-order valence-electron chi connectivity index (χ1n) is 7.74. The van der Waals surface area contributed by atoms with Gasteiger partial charge in [0, 0.05) is 6.08 Å². The number of hydrogen-bond acceptors (Lipinski definition) is 3. The molecule has 0 bridgehead atoms. The number of nitrogens with one attached hydrogen (secondary N) is 1. The molecule has 6 heteroatoms. The quantitative estimate of drug-likeness (QED) is 0.746. The molecule has 25 heavy (non-hydrogen) atoms. The Morgan fingerprint density at radius 3 is 2.56 bits per heavy atom. The minimum atomic E-state index is -1.10. The van der Waals surface area contributed by atoms with Gasteiger partial charge in [-0.15, -0.1) is 0 Å². The zero-order valence-electron chi connectivity index (χ0n) is 13.7. The molecule has 2 aromatic carbocycles. The van der Waals surface area contributed by atoms with Crippen LogP contribution in [0.1, 0.15) is 29.3 Å². The molecule has 5 nitrogen and oxygen atoms in total. The lowest BCUT2D eigenvalue weighted by Crippen LogP contribution is -2.11. The van der Waals surface area contributed by atoms with Gasteiger partial charge in [0.2, 0.25) is 5.91 Å². The van der Waals surface area contributed by atoms with Crippen molar-refractivity contribution >= 4 is 23.6 Å². The molecule has 0 aliphatic rings. The minimum absolute atomic E-state index is 0.0432. The predicted molar refractivity (Wildman–Crippen MR) is 93.3 cm³/mol. The van der Waals surface area contributed by atoms with Crippen LogP contribution in [0.5, 0.6) is 5.75 Å². The van der Waals surface area contributed by atoms with E-state index in [2.05, 4.69) is 5.32 Å². The van der Waals surface area contributed by atoms with E-state index in [-0.39, 0.29) is 17.1 Å². The summed E-state index contributed by atoms with van der Waals surface area (Å²) < 4.78 is 18.4. The summed E-state index contributed by atoms with van der Waals surface area (Å²) in [6.45, 7) is 2.38. The van der Waals surface area contributed by atoms with Gasteiger partial charge < -0.3 is 15.2 Å². The molecule has 0 radical (unpaired) electrons. The van der Waals surface area contributed by atoms with Crippen LogP contribution in [0, 0.1) is 5.82 Å². The fraction of sp³-hybridized carbons (Fsp3) is 0.158. The van der Waals surface area contributed by atoms with E-state index in [1.165, 1.54) is 42.5 Å². The molecule has 0 spiro atoms. The number of aromatic carboxylic acids is 1. The third-order valence-corrected chi connectivity index (χ3v) is 3.24. The Morgan fingerprint density at radius 2 is 1.92 bits per heavy atom. The number of carbonyl (C=O) groups is 2. The van der Waals surface area contributed by atoms with Gasteiger partial charge in [0.15, 0.2) is 0 Å². The molecule has 0 heterocycles. The molecule has 1 amide bonds. The minimum Gasteiger partial charge on any atom is -0.491 e. The zero-order chi connectivity index (χ0) is 18.2. The van der Waals surface area contributed by atoms with Crippen molar-refractivity contribution in [2.45, 2.75) is 13.3 Å². The van der Waals surface area contributed by atoms with E-state index in [0.717, 1.165) is 6.42 Å². The Balaban J connectivity index is 2.15. The van der Waals surface area contributed by atoms with Crippen LogP contribution in [0.15, 0.2) is 48.5 Å². The van der Waals surface area contributed by atoms with E-state index in [1.54, 1.807) is 12.1 Å². The number of hydrogen-bond donors (Lipinski definition) is 2. The Hall–Kier alpha value is -3.15. The predicted octanol–water partition coefficient (Wildman–Crippen LogP) is 3.96. The van der Waals surface area contributed by atoms with E-state index in [1.807, 2.05) is 6.92 Å². The number of halogens is 1. The molecule has 2 N–H and O–H groups in total. The summed E-state index contributed by atoms with van der Waals surface area (Å²) in [7, 11) is 0. The highest BCUT2D eigenvalue weighted by Gasteiger charge is 2.11. The molecule has 0 saturated heterocycles. The Kier molecular flexibility index (Phi) is 6.28. The second-order valence-corrected chi connectivity index (χ2v) is 5.24. The van der Waals surface area contributed by atoms with Crippen molar-refractivity contribution in [3.8, 4) is 5.75 Å². The number of carboxylic acids is 1. The van der Waals surface area contributed by atoms with Crippen LogP contribution in [0.2, 0.25) is 0 Å². The Morgan fingerprint density at radius 1 is 1.20 bits per heavy atom. The van der Waals surface area contributed by atoms with Crippen LogP contribution < -0.4 is 10.1 Å². The molecule has 0 aromatic heterocycles. The topological polar surface area (TPSA) is 75.6 Å². The molecule has 0 saturated carbocycles. The van der Waals surface area contributed by atoms with E-state index in [4.69, 9.17) is 9.84 Å². The number of benzene rings is 2. The average molecular weight is 343 g/mol. The fourth-order valence-corrected chi connectivity index (χ4v) is 2.02. The van der Waals surface area contributed by atoms with E-state index in [0.29, 0.717) is 17.9 Å². The fourth-order valence-electron chi connectivity index (χ4n) is 2.02. The normalized spacial score (nSPS) is 10.6. The van der Waals surface area contributed by atoms with Crippen LogP contribution in [-0.2, 0) is 4.79 Å². The summed E-state index contributed by atoms with van der Waals surface area (Å²) in [5.74, 6) is -1.51. The van der Waals surface area contributed by atoms with Crippen molar-refractivity contribution in [3.05, 3.63) is 65.5 Å². The summed E-state index contributed by atoms with van der Waals surface area (Å²) in [5.41, 5.74) is 0.988. The van der Waals surface area contributed by atoms with Crippen LogP contribution in [-0.4, -0.2) is 23.6 Å². The standard InChI is InChI=1S/C19H18FNO4/c1-2-11-25-17-9-6-14(19(23)24)12-16(17)21-18(22)10-5-13-3-7-15(20)8-4-13/h3-10,12H,2,11H2,1H3,(H,21,22)(H,23,24)/b10-5+. The van der Waals surface area contributed by atoms with E-state index >= 15 is 0 Å². The molecule has 0 unspecified atom stereocenters. The summed E-state index contributed by atoms with van der Waals surface area (Å²) in [4.78, 5) is 23.2. The number of anilines is 1. The van der Waals surface area contributed by atoms with Crippen LogP contribution in [0.3, 0.4) is 0 Å². The highest BCUT2D eigenvalue weighted by Crippen LogP contribution is 2.26. The van der Waals surface area contributed by atoms with Crippen molar-refractivity contribution < 1.29 is 23.8 Å². The summed E-state index contributed by atoms with van der Waals surface area (Å²) in [5, 5.41) is 11.7. The maximum atomic E-state index is 12.9. The maximum Gasteiger partial charge on any atom is 0.335 e. The van der Waals surface area contributed by atoms with Crippen molar-refractivity contribution in [1.82, 2.24) is 0 Å². The third-order valence-electron chi connectivity index (χ3n) is 3.24. The molecule has 2 rings (SSSR count). The monoisotopic (exact) mass is 343 g/mol. The highest BCUT2D eigenvalue weighted by molar-refractivity contribution is 6.03. The van der Waals surface area contributed by atoms with Crippen molar-refractivity contribution in [3.63, 3.8) is 0 Å². The molecule has 130 valence electrons. The van der Waals surface area contributed by atoms with Crippen LogP contribution in [0.4, 0.5) is 10.1 Å². The van der Waals surface area contributed by atoms with Gasteiger partial charge in [0.1, 0.15) is 11.6 Å². The van der Waals surface area contributed by atoms with Gasteiger partial charge in [0.05, 0.1) is 17.9 Å². The molecule has 0 fully saturated rings. The average Bonchev–Trinajstić information content (AvgIpc) is 2.60. The van der Waals surface area contributed by atoms with Crippen LogP contribution in [0.25, 0.3) is 6.08 Å². The lowest BCUT2D eigenvalue weighted by molar-refractivity contribution is -0.111. The van der Waals surface area contributed by atoms with Crippen molar-refractivity contribution in [2.24, 2.45) is 0 Å². The van der Waals surface area contributed by atoms with Gasteiger partial charge in [-0.05, 0) is 48.4 Å². The molecule has 0 aliphatic carbocycles. The van der Waals surface area contributed by atoms with E-state index < -0.39 is 11.9 Å². The molecule has 0 aliphatic heterocycles. The second-order valence-electron chi connectivity index (χ2n) is 5.24. The largest absolute Gasteiger partial charge is 0.491 e. The van der Waals surface area contributed by atoms with Gasteiger partial charge in [-0.25, -0.2) is 9.18 Å². The van der Waals surface area contributed by atoms with Gasteiger partial charge in [0.25, 0.3) is 0 Å². The number of rotatable bonds is 7.